The van der Waals surface area contributed by atoms with Crippen LogP contribution in [0.25, 0.3) is 0 Å². The van der Waals surface area contributed by atoms with E-state index >= 15 is 0 Å². The normalized spacial score (nSPS) is 23.2. The van der Waals surface area contributed by atoms with E-state index in [0.717, 1.165) is 26.2 Å². The van der Waals surface area contributed by atoms with Crippen molar-refractivity contribution >= 4 is 5.71 Å². The van der Waals surface area contributed by atoms with Gasteiger partial charge in [-0.25, -0.2) is 0 Å². The summed E-state index contributed by atoms with van der Waals surface area (Å²) in [6.45, 7) is 9.25. The van der Waals surface area contributed by atoms with E-state index in [1.807, 2.05) is 0 Å². The lowest BCUT2D eigenvalue weighted by Gasteiger charge is -2.24. The summed E-state index contributed by atoms with van der Waals surface area (Å²) in [5.41, 5.74) is 4.41. The monoisotopic (exact) mass is 179 g/mol. The van der Waals surface area contributed by atoms with Crippen molar-refractivity contribution in [3.8, 4) is 0 Å². The molecule has 2 heteroatoms. The molecule has 0 saturated carbocycles. The summed E-state index contributed by atoms with van der Waals surface area (Å²) in [6, 6.07) is 0. The average molecular weight is 179 g/mol. The van der Waals surface area contributed by atoms with Gasteiger partial charge in [0, 0.05) is 11.1 Å². The zero-order valence-corrected chi connectivity index (χ0v) is 8.68. The third-order valence-corrected chi connectivity index (χ3v) is 2.62. The Balaban J connectivity index is 2.28. The van der Waals surface area contributed by atoms with Crippen LogP contribution in [0.4, 0.5) is 0 Å². The molecule has 2 aliphatic rings. The van der Waals surface area contributed by atoms with E-state index in [4.69, 9.17) is 4.74 Å². The predicted molar refractivity (Wildman–Crippen MR) is 54.2 cm³/mol. The van der Waals surface area contributed by atoms with Crippen LogP contribution in [0.2, 0.25) is 0 Å². The van der Waals surface area contributed by atoms with Crippen LogP contribution in [0.1, 0.15) is 27.2 Å². The maximum absolute atomic E-state index is 5.41. The molecule has 0 radical (unpaired) electrons. The lowest BCUT2D eigenvalue weighted by atomic mass is 9.83. The standard InChI is InChI=1S/C11H17NO/c1-11(2,3)10-9-4-5-13-7-8(9)6-12-10/h4-7H2,1-3H3. The van der Waals surface area contributed by atoms with Gasteiger partial charge in [-0.15, -0.1) is 0 Å². The smallest absolute Gasteiger partial charge is 0.0701 e. The molecule has 13 heavy (non-hydrogen) atoms. The van der Waals surface area contributed by atoms with Crippen molar-refractivity contribution in [1.82, 2.24) is 0 Å². The molecule has 0 aliphatic carbocycles. The quantitative estimate of drug-likeness (QED) is 0.558. The number of rotatable bonds is 0. The molecule has 0 atom stereocenters. The molecule has 0 unspecified atom stereocenters. The molecular weight excluding hydrogens is 162 g/mol. The maximum atomic E-state index is 5.41. The first-order chi connectivity index (χ1) is 6.09. The van der Waals surface area contributed by atoms with E-state index in [1.54, 1.807) is 0 Å². The first kappa shape index (κ1) is 8.95. The van der Waals surface area contributed by atoms with E-state index in [0.29, 0.717) is 0 Å². The highest BCUT2D eigenvalue weighted by atomic mass is 16.5. The van der Waals surface area contributed by atoms with Gasteiger partial charge in [-0.3, -0.25) is 4.99 Å². The van der Waals surface area contributed by atoms with Gasteiger partial charge in [-0.05, 0) is 17.6 Å². The molecule has 0 amide bonds. The first-order valence-corrected chi connectivity index (χ1v) is 4.93. The number of aliphatic imine (C=N–C) groups is 1. The molecule has 0 aromatic rings. The Labute approximate surface area is 79.7 Å². The molecule has 2 nitrogen and oxygen atoms in total. The Kier molecular flexibility index (Phi) is 2.03. The summed E-state index contributed by atoms with van der Waals surface area (Å²) in [5, 5.41) is 0. The number of hydrogen-bond acceptors (Lipinski definition) is 2. The number of hydrogen-bond donors (Lipinski definition) is 0. The fraction of sp³-hybridized carbons (Fsp3) is 0.727. The zero-order chi connectivity index (χ0) is 9.47. The zero-order valence-electron chi connectivity index (χ0n) is 8.68. The van der Waals surface area contributed by atoms with Crippen LogP contribution < -0.4 is 0 Å². The molecule has 2 heterocycles. The Morgan fingerprint density at radius 1 is 1.31 bits per heavy atom. The van der Waals surface area contributed by atoms with E-state index in [1.165, 1.54) is 16.9 Å². The van der Waals surface area contributed by atoms with Crippen molar-refractivity contribution < 1.29 is 4.74 Å². The van der Waals surface area contributed by atoms with Gasteiger partial charge in [0.15, 0.2) is 0 Å². The van der Waals surface area contributed by atoms with Gasteiger partial charge >= 0.3 is 0 Å². The molecule has 0 bridgehead atoms. The third kappa shape index (κ3) is 1.55. The molecule has 72 valence electrons. The molecule has 0 aromatic carbocycles. The van der Waals surface area contributed by atoms with Gasteiger partial charge in [0.05, 0.1) is 19.8 Å². The van der Waals surface area contributed by atoms with Crippen LogP contribution in [0.5, 0.6) is 0 Å². The van der Waals surface area contributed by atoms with Gasteiger partial charge in [-0.2, -0.15) is 0 Å². The highest BCUT2D eigenvalue weighted by Gasteiger charge is 2.29. The topological polar surface area (TPSA) is 21.6 Å². The van der Waals surface area contributed by atoms with E-state index in [2.05, 4.69) is 25.8 Å². The summed E-state index contributed by atoms with van der Waals surface area (Å²) >= 11 is 0. The minimum absolute atomic E-state index is 0.203. The minimum atomic E-state index is 0.203. The highest BCUT2D eigenvalue weighted by molar-refractivity contribution is 6.06. The van der Waals surface area contributed by atoms with Crippen LogP contribution in [-0.4, -0.2) is 25.5 Å². The average Bonchev–Trinajstić information content (AvgIpc) is 2.45. The van der Waals surface area contributed by atoms with Gasteiger partial charge in [0.1, 0.15) is 0 Å². The molecule has 2 aliphatic heterocycles. The highest BCUT2D eigenvalue weighted by Crippen LogP contribution is 2.31. The Hall–Kier alpha value is -0.630. The summed E-state index contributed by atoms with van der Waals surface area (Å²) in [5.74, 6) is 0. The number of ether oxygens (including phenoxy) is 1. The summed E-state index contributed by atoms with van der Waals surface area (Å²) in [7, 11) is 0. The molecule has 0 N–H and O–H groups in total. The first-order valence-electron chi connectivity index (χ1n) is 4.93. The summed E-state index contributed by atoms with van der Waals surface area (Å²) in [6.07, 6.45) is 1.06. The molecular formula is C11H17NO. The van der Waals surface area contributed by atoms with Crippen molar-refractivity contribution in [2.45, 2.75) is 27.2 Å². The van der Waals surface area contributed by atoms with Crippen molar-refractivity contribution in [3.63, 3.8) is 0 Å². The van der Waals surface area contributed by atoms with Gasteiger partial charge < -0.3 is 4.74 Å². The Bertz CT molecular complexity index is 281. The van der Waals surface area contributed by atoms with Crippen molar-refractivity contribution in [1.29, 1.82) is 0 Å². The second kappa shape index (κ2) is 2.95. The minimum Gasteiger partial charge on any atom is -0.377 e. The predicted octanol–water partition coefficient (Wildman–Crippen LogP) is 2.20. The van der Waals surface area contributed by atoms with E-state index in [9.17, 15) is 0 Å². The fourth-order valence-corrected chi connectivity index (χ4v) is 2.02. The van der Waals surface area contributed by atoms with Crippen LogP contribution >= 0.6 is 0 Å². The van der Waals surface area contributed by atoms with Gasteiger partial charge in [-0.1, -0.05) is 20.8 Å². The van der Waals surface area contributed by atoms with E-state index < -0.39 is 0 Å². The number of nitrogens with zero attached hydrogens (tertiary/aromatic N) is 1. The SMILES string of the molecule is CC(C)(C)C1=NCC2=C1CCOC2. The van der Waals surface area contributed by atoms with Crippen LogP contribution in [0.3, 0.4) is 0 Å². The second-order valence-electron chi connectivity index (χ2n) is 4.80. The summed E-state index contributed by atoms with van der Waals surface area (Å²) in [4.78, 5) is 4.61. The Morgan fingerprint density at radius 2 is 2.08 bits per heavy atom. The fourth-order valence-electron chi connectivity index (χ4n) is 2.02. The maximum Gasteiger partial charge on any atom is 0.0701 e. The largest absolute Gasteiger partial charge is 0.377 e. The van der Waals surface area contributed by atoms with Crippen LogP contribution in [-0.2, 0) is 4.74 Å². The van der Waals surface area contributed by atoms with Crippen LogP contribution in [0, 0.1) is 5.41 Å². The van der Waals surface area contributed by atoms with Gasteiger partial charge in [0.2, 0.25) is 0 Å². The van der Waals surface area contributed by atoms with Gasteiger partial charge in [0.25, 0.3) is 0 Å². The molecule has 2 rings (SSSR count). The lowest BCUT2D eigenvalue weighted by Crippen LogP contribution is -2.23. The Morgan fingerprint density at radius 3 is 2.77 bits per heavy atom. The molecule has 0 spiro atoms. The summed E-state index contributed by atoms with van der Waals surface area (Å²) < 4.78 is 5.41. The van der Waals surface area contributed by atoms with E-state index in [-0.39, 0.29) is 5.41 Å². The lowest BCUT2D eigenvalue weighted by molar-refractivity contribution is 0.148. The van der Waals surface area contributed by atoms with Crippen molar-refractivity contribution in [2.24, 2.45) is 10.4 Å². The molecule has 0 fully saturated rings. The third-order valence-electron chi connectivity index (χ3n) is 2.62. The van der Waals surface area contributed by atoms with Crippen molar-refractivity contribution in [2.75, 3.05) is 19.8 Å². The second-order valence-corrected chi connectivity index (χ2v) is 4.80. The van der Waals surface area contributed by atoms with Crippen LogP contribution in [0.15, 0.2) is 16.1 Å². The van der Waals surface area contributed by atoms with Crippen molar-refractivity contribution in [3.05, 3.63) is 11.1 Å². The molecule has 0 saturated heterocycles. The molecule has 0 aromatic heterocycles.